The number of halogens is 2. The van der Waals surface area contributed by atoms with E-state index in [9.17, 15) is 4.79 Å². The summed E-state index contributed by atoms with van der Waals surface area (Å²) in [5, 5.41) is 2.14. The molecule has 1 heterocycles. The largest absolute Gasteiger partial charge is 0.352 e. The van der Waals surface area contributed by atoms with E-state index in [2.05, 4.69) is 9.97 Å². The molecule has 0 unspecified atom stereocenters. The molecule has 0 radical (unpaired) electrons. The molecule has 8 heteroatoms. The molecule has 112 valence electrons. The number of aromatic nitrogens is 3. The van der Waals surface area contributed by atoms with Gasteiger partial charge in [0, 0.05) is 13.6 Å². The number of hydrogen-bond acceptors (Lipinski definition) is 5. The van der Waals surface area contributed by atoms with Crippen LogP contribution in [-0.2, 0) is 7.05 Å². The van der Waals surface area contributed by atoms with E-state index in [0.717, 1.165) is 6.42 Å². The topological polar surface area (TPSA) is 77.0 Å². The van der Waals surface area contributed by atoms with Gasteiger partial charge in [0.1, 0.15) is 0 Å². The third-order valence-corrected chi connectivity index (χ3v) is 3.54. The van der Waals surface area contributed by atoms with Crippen molar-refractivity contribution in [1.29, 1.82) is 0 Å². The van der Waals surface area contributed by atoms with Gasteiger partial charge in [0.15, 0.2) is 5.82 Å². The first-order valence-corrected chi connectivity index (χ1v) is 7.13. The van der Waals surface area contributed by atoms with Gasteiger partial charge >= 0.3 is 5.69 Å². The number of nitrogens with zero attached hydrogens (tertiary/aromatic N) is 4. The Balaban J connectivity index is 2.66. The summed E-state index contributed by atoms with van der Waals surface area (Å²) in [6, 6.07) is 5.09. The number of benzene rings is 1. The lowest BCUT2D eigenvalue weighted by Crippen LogP contribution is -2.36. The molecule has 2 N–H and O–H groups in total. The first kappa shape index (κ1) is 15.8. The molecule has 2 aromatic rings. The summed E-state index contributed by atoms with van der Waals surface area (Å²) in [5.41, 5.74) is 0.00604. The van der Waals surface area contributed by atoms with Crippen LogP contribution < -0.4 is 16.5 Å². The fourth-order valence-electron chi connectivity index (χ4n) is 1.85. The van der Waals surface area contributed by atoms with Gasteiger partial charge in [-0.2, -0.15) is 9.97 Å². The third kappa shape index (κ3) is 3.18. The van der Waals surface area contributed by atoms with Gasteiger partial charge in [-0.25, -0.2) is 10.6 Å². The van der Waals surface area contributed by atoms with Gasteiger partial charge in [-0.05, 0) is 18.6 Å². The Morgan fingerprint density at radius 3 is 2.48 bits per heavy atom. The summed E-state index contributed by atoms with van der Waals surface area (Å²) in [6.07, 6.45) is 0.803. The Hall–Kier alpha value is -1.63. The van der Waals surface area contributed by atoms with Crippen LogP contribution in [0.2, 0.25) is 10.0 Å². The molecule has 6 nitrogen and oxygen atoms in total. The first-order valence-electron chi connectivity index (χ1n) is 6.37. The average molecular weight is 328 g/mol. The predicted octanol–water partition coefficient (Wildman–Crippen LogP) is 2.24. The Labute approximate surface area is 132 Å². The van der Waals surface area contributed by atoms with Crippen LogP contribution in [0.5, 0.6) is 0 Å². The smallest absolute Gasteiger partial charge is 0.279 e. The van der Waals surface area contributed by atoms with Gasteiger partial charge in [0.05, 0.1) is 15.6 Å². The van der Waals surface area contributed by atoms with Crippen molar-refractivity contribution in [2.45, 2.75) is 13.3 Å². The zero-order chi connectivity index (χ0) is 15.6. The normalized spacial score (nSPS) is 10.7. The van der Waals surface area contributed by atoms with Crippen LogP contribution in [0.15, 0.2) is 23.0 Å². The summed E-state index contributed by atoms with van der Waals surface area (Å²) in [4.78, 5) is 20.2. The average Bonchev–Trinajstić information content (AvgIpc) is 2.43. The minimum absolute atomic E-state index is 0.144. The summed E-state index contributed by atoms with van der Waals surface area (Å²) in [7, 11) is 1.56. The summed E-state index contributed by atoms with van der Waals surface area (Å²) in [5.74, 6) is 6.31. The molecule has 0 amide bonds. The van der Waals surface area contributed by atoms with Crippen LogP contribution >= 0.6 is 23.2 Å². The second-order valence-electron chi connectivity index (χ2n) is 4.48. The number of rotatable bonds is 4. The maximum absolute atomic E-state index is 12.0. The first-order chi connectivity index (χ1) is 9.95. The van der Waals surface area contributed by atoms with Crippen molar-refractivity contribution in [3.8, 4) is 11.4 Å². The minimum atomic E-state index is -0.475. The zero-order valence-electron chi connectivity index (χ0n) is 11.7. The van der Waals surface area contributed by atoms with E-state index in [1.807, 2.05) is 6.92 Å². The third-order valence-electron chi connectivity index (χ3n) is 2.91. The molecular formula is C13H15Cl2N5O. The van der Waals surface area contributed by atoms with Crippen molar-refractivity contribution >= 4 is 29.2 Å². The van der Waals surface area contributed by atoms with Crippen molar-refractivity contribution in [2.24, 2.45) is 12.9 Å². The van der Waals surface area contributed by atoms with E-state index < -0.39 is 5.69 Å². The molecular weight excluding hydrogens is 313 g/mol. The molecule has 0 aliphatic carbocycles. The van der Waals surface area contributed by atoms with E-state index >= 15 is 0 Å². The van der Waals surface area contributed by atoms with Crippen molar-refractivity contribution in [1.82, 2.24) is 14.5 Å². The highest BCUT2D eigenvalue weighted by Crippen LogP contribution is 2.32. The summed E-state index contributed by atoms with van der Waals surface area (Å²) in [6.45, 7) is 2.50. The SMILES string of the molecule is CCCN(N)c1nc(-c2c(Cl)cccc2Cl)n(C)c(=O)n1. The molecule has 1 aromatic heterocycles. The standard InChI is InChI=1S/C13H15Cl2N5O/c1-3-7-20(16)12-17-11(19(2)13(21)18-12)10-8(14)5-4-6-9(10)15/h4-6H,3,7,16H2,1-2H3. The lowest BCUT2D eigenvalue weighted by molar-refractivity contribution is 0.725. The van der Waals surface area contributed by atoms with Crippen LogP contribution in [0.25, 0.3) is 11.4 Å². The number of hydrazine groups is 1. The second kappa shape index (κ2) is 6.43. The fourth-order valence-corrected chi connectivity index (χ4v) is 2.42. The summed E-state index contributed by atoms with van der Waals surface area (Å²) < 4.78 is 1.29. The highest BCUT2D eigenvalue weighted by atomic mass is 35.5. The van der Waals surface area contributed by atoms with Crippen LogP contribution in [0.3, 0.4) is 0 Å². The highest BCUT2D eigenvalue weighted by Gasteiger charge is 2.17. The molecule has 0 fully saturated rings. The van der Waals surface area contributed by atoms with Gasteiger partial charge in [0.2, 0.25) is 5.95 Å². The molecule has 0 aliphatic rings. The van der Waals surface area contributed by atoms with E-state index in [0.29, 0.717) is 28.0 Å². The maximum Gasteiger partial charge on any atom is 0.352 e. The zero-order valence-corrected chi connectivity index (χ0v) is 13.2. The predicted molar refractivity (Wildman–Crippen MR) is 84.6 cm³/mol. The molecule has 2 rings (SSSR count). The van der Waals surface area contributed by atoms with Crippen LogP contribution in [0.1, 0.15) is 13.3 Å². The second-order valence-corrected chi connectivity index (χ2v) is 5.29. The van der Waals surface area contributed by atoms with Crippen LogP contribution in [0, 0.1) is 0 Å². The van der Waals surface area contributed by atoms with Gasteiger partial charge in [0.25, 0.3) is 0 Å². The molecule has 0 saturated carbocycles. The Morgan fingerprint density at radius 2 is 1.90 bits per heavy atom. The Kier molecular flexibility index (Phi) is 4.82. The number of anilines is 1. The molecule has 0 bridgehead atoms. The van der Waals surface area contributed by atoms with Gasteiger partial charge in [-0.1, -0.05) is 36.2 Å². The molecule has 0 saturated heterocycles. The van der Waals surface area contributed by atoms with E-state index in [4.69, 9.17) is 29.0 Å². The monoisotopic (exact) mass is 327 g/mol. The van der Waals surface area contributed by atoms with Crippen molar-refractivity contribution in [2.75, 3.05) is 11.6 Å². The molecule has 0 atom stereocenters. The molecule has 21 heavy (non-hydrogen) atoms. The van der Waals surface area contributed by atoms with E-state index in [1.54, 1.807) is 25.2 Å². The molecule has 1 aromatic carbocycles. The fraction of sp³-hybridized carbons (Fsp3) is 0.308. The van der Waals surface area contributed by atoms with Crippen LogP contribution in [0.4, 0.5) is 5.95 Å². The number of hydrogen-bond donors (Lipinski definition) is 1. The van der Waals surface area contributed by atoms with Crippen molar-refractivity contribution in [3.63, 3.8) is 0 Å². The number of nitrogens with two attached hydrogens (primary N) is 1. The van der Waals surface area contributed by atoms with Crippen molar-refractivity contribution < 1.29 is 0 Å². The van der Waals surface area contributed by atoms with Gasteiger partial charge in [-0.15, -0.1) is 0 Å². The highest BCUT2D eigenvalue weighted by molar-refractivity contribution is 6.38. The van der Waals surface area contributed by atoms with Gasteiger partial charge < -0.3 is 0 Å². The van der Waals surface area contributed by atoms with Crippen molar-refractivity contribution in [3.05, 3.63) is 38.7 Å². The lowest BCUT2D eigenvalue weighted by Gasteiger charge is -2.17. The Bertz CT molecular complexity index is 696. The quantitative estimate of drug-likeness (QED) is 0.688. The minimum Gasteiger partial charge on any atom is -0.279 e. The maximum atomic E-state index is 12.0. The molecule has 0 spiro atoms. The van der Waals surface area contributed by atoms with Gasteiger partial charge in [-0.3, -0.25) is 9.58 Å². The Morgan fingerprint density at radius 1 is 1.29 bits per heavy atom. The summed E-state index contributed by atoms with van der Waals surface area (Å²) >= 11 is 12.4. The van der Waals surface area contributed by atoms with Crippen LogP contribution in [-0.4, -0.2) is 21.1 Å². The van der Waals surface area contributed by atoms with E-state index in [1.165, 1.54) is 9.58 Å². The lowest BCUT2D eigenvalue weighted by atomic mass is 10.2. The van der Waals surface area contributed by atoms with E-state index in [-0.39, 0.29) is 5.95 Å². The molecule has 0 aliphatic heterocycles.